The highest BCUT2D eigenvalue weighted by Gasteiger charge is 2.23. The number of hydrogen-bond acceptors (Lipinski definition) is 4. The summed E-state index contributed by atoms with van der Waals surface area (Å²) in [5.74, 6) is -0.306. The third kappa shape index (κ3) is 3.26. The van der Waals surface area contributed by atoms with Crippen LogP contribution in [0.1, 0.15) is 28.6 Å². The summed E-state index contributed by atoms with van der Waals surface area (Å²) < 4.78 is 0.707. The highest BCUT2D eigenvalue weighted by Crippen LogP contribution is 2.34. The average Bonchev–Trinajstić information content (AvgIpc) is 2.60. The number of carboxylic acids is 1. The number of hydrogen-bond donors (Lipinski definition) is 1. The van der Waals surface area contributed by atoms with Crippen LogP contribution >= 0.6 is 27.3 Å². The molecule has 1 aromatic rings. The Bertz CT molecular complexity index is 414. The number of thiazole rings is 1. The van der Waals surface area contributed by atoms with Crippen molar-refractivity contribution in [1.29, 1.82) is 0 Å². The number of likely N-dealkylation sites (tertiary alicyclic amines) is 1. The molecule has 0 radical (unpaired) electrons. The van der Waals surface area contributed by atoms with Crippen molar-refractivity contribution < 1.29 is 9.90 Å². The lowest BCUT2D eigenvalue weighted by molar-refractivity contribution is -0.136. The number of piperidine rings is 1. The molecule has 17 heavy (non-hydrogen) atoms. The molecule has 0 atom stereocenters. The molecule has 1 fully saturated rings. The average molecular weight is 319 g/mol. The maximum atomic E-state index is 10.7. The van der Waals surface area contributed by atoms with Gasteiger partial charge in [-0.05, 0) is 48.9 Å². The van der Waals surface area contributed by atoms with Crippen LogP contribution in [-0.2, 0) is 11.2 Å². The molecule has 1 aromatic heterocycles. The molecule has 1 aliphatic heterocycles. The second-order valence-corrected chi connectivity index (χ2v) is 6.28. The van der Waals surface area contributed by atoms with Gasteiger partial charge in [0.25, 0.3) is 0 Å². The predicted octanol–water partition coefficient (Wildman–Crippen LogP) is 2.34. The molecule has 0 spiro atoms. The molecular formula is C11H15BrN2O2S. The molecule has 1 aliphatic rings. The topological polar surface area (TPSA) is 53.4 Å². The lowest BCUT2D eigenvalue weighted by Crippen LogP contribution is -2.29. The van der Waals surface area contributed by atoms with Crippen molar-refractivity contribution in [2.24, 2.45) is 0 Å². The molecule has 94 valence electrons. The van der Waals surface area contributed by atoms with E-state index in [1.807, 2.05) is 0 Å². The van der Waals surface area contributed by atoms with Crippen molar-refractivity contribution in [1.82, 2.24) is 9.88 Å². The molecule has 2 rings (SSSR count). The molecule has 1 N–H and O–H groups in total. The molecule has 0 aliphatic carbocycles. The largest absolute Gasteiger partial charge is 0.481 e. The van der Waals surface area contributed by atoms with E-state index < -0.39 is 5.97 Å². The van der Waals surface area contributed by atoms with Crippen molar-refractivity contribution in [3.05, 3.63) is 14.5 Å². The second-order valence-electron chi connectivity index (χ2n) is 4.41. The van der Waals surface area contributed by atoms with Gasteiger partial charge >= 0.3 is 5.97 Å². The van der Waals surface area contributed by atoms with Gasteiger partial charge in [-0.15, -0.1) is 11.3 Å². The van der Waals surface area contributed by atoms with Crippen molar-refractivity contribution >= 4 is 33.2 Å². The molecule has 4 nitrogen and oxygen atoms in total. The maximum absolute atomic E-state index is 10.7. The molecule has 1 saturated heterocycles. The van der Waals surface area contributed by atoms with Gasteiger partial charge in [-0.1, -0.05) is 0 Å². The first kappa shape index (κ1) is 13.0. The Kier molecular flexibility index (Phi) is 4.17. The molecule has 0 unspecified atom stereocenters. The van der Waals surface area contributed by atoms with Crippen LogP contribution in [0.4, 0.5) is 0 Å². The van der Waals surface area contributed by atoms with Gasteiger partial charge in [-0.3, -0.25) is 4.79 Å². The Hall–Kier alpha value is -0.460. The summed E-state index contributed by atoms with van der Waals surface area (Å²) in [6.07, 6.45) is 2.29. The standard InChI is InChI=1S/C11H15BrN2O2S/c1-14-4-2-7(3-5-14)11-13-10(12)8(17-11)6-9(15)16/h7H,2-6H2,1H3,(H,15,16). The van der Waals surface area contributed by atoms with E-state index in [1.54, 1.807) is 0 Å². The van der Waals surface area contributed by atoms with Gasteiger partial charge in [0.15, 0.2) is 0 Å². The Balaban J connectivity index is 2.09. The first-order valence-electron chi connectivity index (χ1n) is 5.61. The number of aromatic nitrogens is 1. The third-order valence-electron chi connectivity index (χ3n) is 3.05. The monoisotopic (exact) mass is 318 g/mol. The summed E-state index contributed by atoms with van der Waals surface area (Å²) in [4.78, 5) is 18.3. The van der Waals surface area contributed by atoms with Crippen molar-refractivity contribution in [3.8, 4) is 0 Å². The fraction of sp³-hybridized carbons (Fsp3) is 0.636. The van der Waals surface area contributed by atoms with E-state index in [9.17, 15) is 4.79 Å². The van der Waals surface area contributed by atoms with Crippen LogP contribution in [0.15, 0.2) is 4.60 Å². The van der Waals surface area contributed by atoms with Crippen LogP contribution < -0.4 is 0 Å². The number of aliphatic carboxylic acids is 1. The highest BCUT2D eigenvalue weighted by atomic mass is 79.9. The predicted molar refractivity (Wildman–Crippen MR) is 70.6 cm³/mol. The van der Waals surface area contributed by atoms with Crippen LogP contribution in [0.5, 0.6) is 0 Å². The van der Waals surface area contributed by atoms with Crippen LogP contribution in [-0.4, -0.2) is 41.1 Å². The third-order valence-corrected chi connectivity index (χ3v) is 5.18. The van der Waals surface area contributed by atoms with E-state index >= 15 is 0 Å². The summed E-state index contributed by atoms with van der Waals surface area (Å²) in [5, 5.41) is 9.88. The Morgan fingerprint density at radius 1 is 1.59 bits per heavy atom. The molecule has 2 heterocycles. The first-order valence-corrected chi connectivity index (χ1v) is 7.22. The zero-order valence-corrected chi connectivity index (χ0v) is 12.1. The minimum atomic E-state index is -0.802. The molecule has 6 heteroatoms. The fourth-order valence-electron chi connectivity index (χ4n) is 2.03. The van der Waals surface area contributed by atoms with E-state index in [-0.39, 0.29) is 6.42 Å². The highest BCUT2D eigenvalue weighted by molar-refractivity contribution is 9.10. The lowest BCUT2D eigenvalue weighted by atomic mass is 9.98. The van der Waals surface area contributed by atoms with E-state index in [1.165, 1.54) is 11.3 Å². The van der Waals surface area contributed by atoms with E-state index in [2.05, 4.69) is 32.9 Å². The minimum absolute atomic E-state index is 0.0604. The van der Waals surface area contributed by atoms with Crippen LogP contribution in [0.25, 0.3) is 0 Å². The number of carboxylic acid groups (broad SMARTS) is 1. The van der Waals surface area contributed by atoms with Gasteiger partial charge in [0.05, 0.1) is 16.3 Å². The van der Waals surface area contributed by atoms with Gasteiger partial charge in [0, 0.05) is 5.92 Å². The molecular weight excluding hydrogens is 304 g/mol. The van der Waals surface area contributed by atoms with E-state index in [0.29, 0.717) is 10.5 Å². The summed E-state index contributed by atoms with van der Waals surface area (Å²) in [6, 6.07) is 0. The van der Waals surface area contributed by atoms with Gasteiger partial charge in [0.2, 0.25) is 0 Å². The smallest absolute Gasteiger partial charge is 0.308 e. The zero-order chi connectivity index (χ0) is 12.4. The van der Waals surface area contributed by atoms with Crippen LogP contribution in [0.3, 0.4) is 0 Å². The van der Waals surface area contributed by atoms with Crippen LogP contribution in [0, 0.1) is 0 Å². The van der Waals surface area contributed by atoms with E-state index in [4.69, 9.17) is 5.11 Å². The summed E-state index contributed by atoms with van der Waals surface area (Å²) in [7, 11) is 2.13. The van der Waals surface area contributed by atoms with Crippen molar-refractivity contribution in [3.63, 3.8) is 0 Å². The molecule has 0 saturated carbocycles. The number of rotatable bonds is 3. The Labute approximate surface area is 113 Å². The van der Waals surface area contributed by atoms with Crippen LogP contribution in [0.2, 0.25) is 0 Å². The molecule has 0 aromatic carbocycles. The Morgan fingerprint density at radius 2 is 2.24 bits per heavy atom. The quantitative estimate of drug-likeness (QED) is 0.929. The number of carbonyl (C=O) groups is 1. The summed E-state index contributed by atoms with van der Waals surface area (Å²) in [5.41, 5.74) is 0. The Morgan fingerprint density at radius 3 is 2.82 bits per heavy atom. The second kappa shape index (κ2) is 5.46. The molecule has 0 bridgehead atoms. The van der Waals surface area contributed by atoms with E-state index in [0.717, 1.165) is 35.8 Å². The van der Waals surface area contributed by atoms with Gasteiger partial charge < -0.3 is 10.0 Å². The number of nitrogens with zero attached hydrogens (tertiary/aromatic N) is 2. The SMILES string of the molecule is CN1CCC(c2nc(Br)c(CC(=O)O)s2)CC1. The lowest BCUT2D eigenvalue weighted by Gasteiger charge is -2.27. The molecule has 0 amide bonds. The maximum Gasteiger partial charge on any atom is 0.308 e. The minimum Gasteiger partial charge on any atom is -0.481 e. The van der Waals surface area contributed by atoms with Gasteiger partial charge in [0.1, 0.15) is 4.60 Å². The van der Waals surface area contributed by atoms with Gasteiger partial charge in [-0.25, -0.2) is 4.98 Å². The normalized spacial score (nSPS) is 18.5. The fourth-order valence-corrected chi connectivity index (χ4v) is 3.84. The van der Waals surface area contributed by atoms with Gasteiger partial charge in [-0.2, -0.15) is 0 Å². The van der Waals surface area contributed by atoms with Crippen molar-refractivity contribution in [2.75, 3.05) is 20.1 Å². The first-order chi connectivity index (χ1) is 8.06. The summed E-state index contributed by atoms with van der Waals surface area (Å²) >= 11 is 4.89. The summed E-state index contributed by atoms with van der Waals surface area (Å²) in [6.45, 7) is 2.19. The van der Waals surface area contributed by atoms with Crippen molar-refractivity contribution in [2.45, 2.75) is 25.2 Å². The zero-order valence-electron chi connectivity index (χ0n) is 9.65. The number of halogens is 1.